The Morgan fingerprint density at radius 1 is 1.41 bits per heavy atom. The first-order valence-electron chi connectivity index (χ1n) is 5.36. The van der Waals surface area contributed by atoms with Crippen LogP contribution in [0.15, 0.2) is 30.7 Å². The van der Waals surface area contributed by atoms with Crippen LogP contribution in [0.1, 0.15) is 25.1 Å². The minimum atomic E-state index is -0.632. The average molecular weight is 237 g/mol. The van der Waals surface area contributed by atoms with Crippen LogP contribution in [0.5, 0.6) is 0 Å². The monoisotopic (exact) mass is 237 g/mol. The number of rotatable bonds is 3. The number of hydrogen-bond donors (Lipinski definition) is 1. The fraction of sp³-hybridized carbons (Fsp3) is 0.250. The van der Waals surface area contributed by atoms with Gasteiger partial charge in [0.25, 0.3) is 0 Å². The summed E-state index contributed by atoms with van der Waals surface area (Å²) in [5.74, 6) is -1.24. The minimum Gasteiger partial charge on any atom is -0.323 e. The number of nitrogens with two attached hydrogens (primary N) is 1. The van der Waals surface area contributed by atoms with E-state index in [2.05, 4.69) is 4.98 Å². The van der Waals surface area contributed by atoms with E-state index in [9.17, 15) is 8.78 Å². The predicted molar refractivity (Wildman–Crippen MR) is 60.7 cm³/mol. The summed E-state index contributed by atoms with van der Waals surface area (Å²) < 4.78 is 28.0. The first kappa shape index (κ1) is 11.7. The van der Waals surface area contributed by atoms with Crippen molar-refractivity contribution >= 4 is 0 Å². The van der Waals surface area contributed by atoms with Crippen LogP contribution < -0.4 is 5.73 Å². The molecule has 1 aromatic carbocycles. The second-order valence-electron chi connectivity index (χ2n) is 3.80. The van der Waals surface area contributed by atoms with Crippen LogP contribution in [0.2, 0.25) is 0 Å². The molecule has 0 bridgehead atoms. The van der Waals surface area contributed by atoms with Gasteiger partial charge in [-0.2, -0.15) is 0 Å². The van der Waals surface area contributed by atoms with Crippen molar-refractivity contribution < 1.29 is 8.78 Å². The van der Waals surface area contributed by atoms with E-state index in [1.165, 1.54) is 18.5 Å². The van der Waals surface area contributed by atoms with Gasteiger partial charge in [-0.25, -0.2) is 13.8 Å². The molecule has 0 fully saturated rings. The highest BCUT2D eigenvalue weighted by atomic mass is 19.1. The van der Waals surface area contributed by atoms with E-state index < -0.39 is 11.6 Å². The summed E-state index contributed by atoms with van der Waals surface area (Å²) in [6.07, 6.45) is 3.78. The quantitative estimate of drug-likeness (QED) is 0.891. The molecule has 2 N–H and O–H groups in total. The second kappa shape index (κ2) is 4.63. The number of aromatic nitrogens is 2. The number of halogens is 2. The van der Waals surface area contributed by atoms with Gasteiger partial charge >= 0.3 is 0 Å². The maximum atomic E-state index is 13.6. The molecule has 1 aromatic heterocycles. The lowest BCUT2D eigenvalue weighted by Crippen LogP contribution is -2.14. The molecule has 1 heterocycles. The third kappa shape index (κ3) is 2.19. The Hall–Kier alpha value is -1.75. The Morgan fingerprint density at radius 3 is 2.82 bits per heavy atom. The molecule has 1 atom stereocenters. The summed E-state index contributed by atoms with van der Waals surface area (Å²) in [5.41, 5.74) is 6.86. The molecule has 2 rings (SSSR count). The zero-order valence-electron chi connectivity index (χ0n) is 9.40. The molecule has 90 valence electrons. The summed E-state index contributed by atoms with van der Waals surface area (Å²) in [6.45, 7) is 1.93. The number of imidazole rings is 1. The molecule has 0 saturated heterocycles. The van der Waals surface area contributed by atoms with E-state index in [1.54, 1.807) is 10.8 Å². The van der Waals surface area contributed by atoms with E-state index in [0.717, 1.165) is 6.07 Å². The highest BCUT2D eigenvalue weighted by Gasteiger charge is 2.13. The van der Waals surface area contributed by atoms with E-state index in [4.69, 9.17) is 5.73 Å². The molecule has 0 aliphatic rings. The van der Waals surface area contributed by atoms with Crippen molar-refractivity contribution in [3.63, 3.8) is 0 Å². The second-order valence-corrected chi connectivity index (χ2v) is 3.80. The molecule has 0 spiro atoms. The van der Waals surface area contributed by atoms with Gasteiger partial charge in [-0.05, 0) is 18.6 Å². The van der Waals surface area contributed by atoms with Gasteiger partial charge in [-0.15, -0.1) is 0 Å². The summed E-state index contributed by atoms with van der Waals surface area (Å²) >= 11 is 0. The van der Waals surface area contributed by atoms with Crippen molar-refractivity contribution in [1.82, 2.24) is 9.55 Å². The van der Waals surface area contributed by atoms with Gasteiger partial charge in [0, 0.05) is 12.1 Å². The predicted octanol–water partition coefficient (Wildman–Crippen LogP) is 2.56. The van der Waals surface area contributed by atoms with Gasteiger partial charge in [-0.1, -0.05) is 6.92 Å². The molecule has 2 aromatic rings. The van der Waals surface area contributed by atoms with Crippen molar-refractivity contribution in [1.29, 1.82) is 0 Å². The third-order valence-corrected chi connectivity index (χ3v) is 2.66. The van der Waals surface area contributed by atoms with Crippen LogP contribution in [0.4, 0.5) is 8.78 Å². The molecular weight excluding hydrogens is 224 g/mol. The van der Waals surface area contributed by atoms with Crippen LogP contribution in [-0.2, 0) is 0 Å². The highest BCUT2D eigenvalue weighted by molar-refractivity contribution is 5.36. The third-order valence-electron chi connectivity index (χ3n) is 2.66. The zero-order chi connectivity index (χ0) is 12.4. The van der Waals surface area contributed by atoms with Crippen LogP contribution in [0, 0.1) is 11.6 Å². The summed E-state index contributed by atoms with van der Waals surface area (Å²) in [6, 6.07) is 3.20. The lowest BCUT2D eigenvalue weighted by atomic mass is 10.2. The zero-order valence-corrected chi connectivity index (χ0v) is 9.40. The standard InChI is InChI=1S/C12H13F2N3/c1-2-10(15)12-6-16-7-17(12)11-4-3-8(13)5-9(11)14/h3-7,10H,2,15H2,1H3/t10-/m1/s1. The maximum absolute atomic E-state index is 13.6. The van der Waals surface area contributed by atoms with Crippen LogP contribution in [0.3, 0.4) is 0 Å². The van der Waals surface area contributed by atoms with Crippen molar-refractivity contribution in [2.75, 3.05) is 0 Å². The van der Waals surface area contributed by atoms with E-state index in [-0.39, 0.29) is 11.7 Å². The molecule has 17 heavy (non-hydrogen) atoms. The van der Waals surface area contributed by atoms with Gasteiger partial charge in [-0.3, -0.25) is 4.57 Å². The Balaban J connectivity index is 2.50. The van der Waals surface area contributed by atoms with E-state index in [1.807, 2.05) is 6.92 Å². The Bertz CT molecular complexity index is 522. The van der Waals surface area contributed by atoms with Crippen molar-refractivity contribution in [3.05, 3.63) is 48.1 Å². The van der Waals surface area contributed by atoms with E-state index >= 15 is 0 Å². The summed E-state index contributed by atoms with van der Waals surface area (Å²) in [5, 5.41) is 0. The molecule has 0 aliphatic heterocycles. The normalized spacial score (nSPS) is 12.7. The fourth-order valence-corrected chi connectivity index (χ4v) is 1.67. The first-order valence-corrected chi connectivity index (χ1v) is 5.36. The van der Waals surface area contributed by atoms with Crippen LogP contribution in [0.25, 0.3) is 5.69 Å². The van der Waals surface area contributed by atoms with Crippen molar-refractivity contribution in [2.45, 2.75) is 19.4 Å². The lowest BCUT2D eigenvalue weighted by Gasteiger charge is -2.13. The molecule has 0 unspecified atom stereocenters. The van der Waals surface area contributed by atoms with Crippen molar-refractivity contribution in [2.24, 2.45) is 5.73 Å². The topological polar surface area (TPSA) is 43.8 Å². The molecule has 0 aliphatic carbocycles. The Kier molecular flexibility index (Phi) is 3.19. The minimum absolute atomic E-state index is 0.220. The van der Waals surface area contributed by atoms with Gasteiger partial charge in [0.15, 0.2) is 0 Å². The van der Waals surface area contributed by atoms with Gasteiger partial charge < -0.3 is 5.73 Å². The lowest BCUT2D eigenvalue weighted by molar-refractivity contribution is 0.572. The van der Waals surface area contributed by atoms with Gasteiger partial charge in [0.1, 0.15) is 11.6 Å². The Morgan fingerprint density at radius 2 is 2.18 bits per heavy atom. The number of nitrogens with zero attached hydrogens (tertiary/aromatic N) is 2. The maximum Gasteiger partial charge on any atom is 0.150 e. The van der Waals surface area contributed by atoms with E-state index in [0.29, 0.717) is 12.1 Å². The molecule has 3 nitrogen and oxygen atoms in total. The molecular formula is C12H13F2N3. The number of benzene rings is 1. The first-order chi connectivity index (χ1) is 8.13. The highest BCUT2D eigenvalue weighted by Crippen LogP contribution is 2.21. The summed E-state index contributed by atoms with van der Waals surface area (Å²) in [4.78, 5) is 3.95. The fourth-order valence-electron chi connectivity index (χ4n) is 1.67. The Labute approximate surface area is 97.9 Å². The SMILES string of the molecule is CC[C@@H](N)c1cncn1-c1ccc(F)cc1F. The summed E-state index contributed by atoms with van der Waals surface area (Å²) in [7, 11) is 0. The van der Waals surface area contributed by atoms with Crippen LogP contribution >= 0.6 is 0 Å². The number of hydrogen-bond acceptors (Lipinski definition) is 2. The smallest absolute Gasteiger partial charge is 0.150 e. The molecule has 0 amide bonds. The van der Waals surface area contributed by atoms with Crippen molar-refractivity contribution in [3.8, 4) is 5.69 Å². The average Bonchev–Trinajstić information content (AvgIpc) is 2.77. The molecule has 0 radical (unpaired) electrons. The molecule has 0 saturated carbocycles. The van der Waals surface area contributed by atoms with Crippen LogP contribution in [-0.4, -0.2) is 9.55 Å². The van der Waals surface area contributed by atoms with Gasteiger partial charge in [0.2, 0.25) is 0 Å². The van der Waals surface area contributed by atoms with Gasteiger partial charge in [0.05, 0.1) is 23.9 Å². The molecule has 5 heteroatoms. The largest absolute Gasteiger partial charge is 0.323 e.